The molecule has 0 aliphatic carbocycles. The Morgan fingerprint density at radius 2 is 1.95 bits per heavy atom. The van der Waals surface area contributed by atoms with Crippen LogP contribution in [0.4, 0.5) is 5.13 Å². The molecule has 0 saturated heterocycles. The summed E-state index contributed by atoms with van der Waals surface area (Å²) in [5.74, 6) is 0.482. The van der Waals surface area contributed by atoms with Gasteiger partial charge in [0.25, 0.3) is 5.91 Å². The lowest BCUT2D eigenvalue weighted by atomic mass is 10.0. The van der Waals surface area contributed by atoms with Crippen molar-refractivity contribution in [1.82, 2.24) is 9.88 Å². The molecule has 112 valence electrons. The van der Waals surface area contributed by atoms with Crippen LogP contribution < -0.4 is 5.73 Å². The molecule has 4 nitrogen and oxygen atoms in total. The van der Waals surface area contributed by atoms with Crippen molar-refractivity contribution in [3.8, 4) is 0 Å². The lowest BCUT2D eigenvalue weighted by molar-refractivity contribution is 0.0789. The summed E-state index contributed by atoms with van der Waals surface area (Å²) in [5, 5.41) is 0.436. The molecule has 0 saturated carbocycles. The number of nitrogen functional groups attached to an aromatic ring is 1. The van der Waals surface area contributed by atoms with E-state index in [0.717, 1.165) is 5.56 Å². The molecule has 2 N–H and O–H groups in total. The number of hydrogen-bond acceptors (Lipinski definition) is 4. The molecule has 0 aliphatic heterocycles. The van der Waals surface area contributed by atoms with Crippen LogP contribution in [0.3, 0.4) is 0 Å². The lowest BCUT2D eigenvalue weighted by Gasteiger charge is -2.17. The number of amides is 1. The topological polar surface area (TPSA) is 59.2 Å². The van der Waals surface area contributed by atoms with Gasteiger partial charge < -0.3 is 10.6 Å². The smallest absolute Gasteiger partial charge is 0.265 e. The van der Waals surface area contributed by atoms with E-state index < -0.39 is 0 Å². The van der Waals surface area contributed by atoms with E-state index in [2.05, 4.69) is 43.1 Å². The number of hydrogen-bond donors (Lipinski definition) is 1. The number of anilines is 1. The fourth-order valence-electron chi connectivity index (χ4n) is 2.14. The van der Waals surface area contributed by atoms with Crippen LogP contribution >= 0.6 is 11.3 Å². The van der Waals surface area contributed by atoms with Gasteiger partial charge in [0.2, 0.25) is 0 Å². The SMILES string of the molecule is Cc1nc(N)sc1C(=O)N(C)Cc1ccc(C(C)C)cc1. The van der Waals surface area contributed by atoms with Gasteiger partial charge in [-0.05, 0) is 24.0 Å². The van der Waals surface area contributed by atoms with Crippen LogP contribution in [0.25, 0.3) is 0 Å². The molecule has 1 amide bonds. The van der Waals surface area contributed by atoms with Crippen molar-refractivity contribution in [3.05, 3.63) is 46.0 Å². The van der Waals surface area contributed by atoms with E-state index in [-0.39, 0.29) is 5.91 Å². The number of carbonyl (C=O) groups is 1. The summed E-state index contributed by atoms with van der Waals surface area (Å²) in [5.41, 5.74) is 8.77. The zero-order valence-corrected chi connectivity index (χ0v) is 13.7. The number of aromatic nitrogens is 1. The molecule has 1 aromatic carbocycles. The highest BCUT2D eigenvalue weighted by Crippen LogP contribution is 2.22. The Kier molecular flexibility index (Phi) is 4.63. The molecular weight excluding hydrogens is 282 g/mol. The van der Waals surface area contributed by atoms with E-state index in [9.17, 15) is 4.79 Å². The minimum absolute atomic E-state index is 0.0327. The molecule has 21 heavy (non-hydrogen) atoms. The lowest BCUT2D eigenvalue weighted by Crippen LogP contribution is -2.26. The molecule has 0 bridgehead atoms. The van der Waals surface area contributed by atoms with Gasteiger partial charge in [0, 0.05) is 13.6 Å². The Labute approximate surface area is 129 Å². The van der Waals surface area contributed by atoms with Gasteiger partial charge in [0.1, 0.15) is 4.88 Å². The first-order valence-electron chi connectivity index (χ1n) is 6.95. The largest absolute Gasteiger partial charge is 0.375 e. The summed E-state index contributed by atoms with van der Waals surface area (Å²) in [4.78, 5) is 18.8. The Hall–Kier alpha value is -1.88. The molecule has 0 fully saturated rings. The molecule has 2 rings (SSSR count). The highest BCUT2D eigenvalue weighted by Gasteiger charge is 2.18. The van der Waals surface area contributed by atoms with Crippen molar-refractivity contribution in [2.45, 2.75) is 33.2 Å². The number of nitrogens with two attached hydrogens (primary N) is 1. The molecule has 0 atom stereocenters. The van der Waals surface area contributed by atoms with E-state index in [1.807, 2.05) is 6.92 Å². The minimum Gasteiger partial charge on any atom is -0.375 e. The van der Waals surface area contributed by atoms with E-state index in [0.29, 0.717) is 28.2 Å². The third kappa shape index (κ3) is 3.61. The Morgan fingerprint density at radius 3 is 2.43 bits per heavy atom. The van der Waals surface area contributed by atoms with Gasteiger partial charge in [-0.25, -0.2) is 4.98 Å². The maximum atomic E-state index is 12.4. The second kappa shape index (κ2) is 6.26. The summed E-state index contributed by atoms with van der Waals surface area (Å²) < 4.78 is 0. The zero-order valence-electron chi connectivity index (χ0n) is 12.9. The van der Waals surface area contributed by atoms with E-state index >= 15 is 0 Å². The molecule has 0 radical (unpaired) electrons. The van der Waals surface area contributed by atoms with E-state index in [1.54, 1.807) is 11.9 Å². The molecule has 1 heterocycles. The number of nitrogens with zero attached hydrogens (tertiary/aromatic N) is 2. The van der Waals surface area contributed by atoms with Crippen LogP contribution in [0.5, 0.6) is 0 Å². The van der Waals surface area contributed by atoms with Crippen molar-refractivity contribution >= 4 is 22.4 Å². The predicted molar refractivity (Wildman–Crippen MR) is 87.6 cm³/mol. The third-order valence-electron chi connectivity index (χ3n) is 3.42. The van der Waals surface area contributed by atoms with E-state index in [4.69, 9.17) is 5.73 Å². The summed E-state index contributed by atoms with van der Waals surface area (Å²) in [6, 6.07) is 8.39. The third-order valence-corrected chi connectivity index (χ3v) is 4.39. The van der Waals surface area contributed by atoms with Gasteiger partial charge in [-0.3, -0.25) is 4.79 Å². The summed E-state index contributed by atoms with van der Waals surface area (Å²) in [6.07, 6.45) is 0. The first kappa shape index (κ1) is 15.5. The molecule has 0 spiro atoms. The van der Waals surface area contributed by atoms with Crippen LogP contribution in [0.15, 0.2) is 24.3 Å². The van der Waals surface area contributed by atoms with Crippen LogP contribution in [-0.2, 0) is 6.54 Å². The summed E-state index contributed by atoms with van der Waals surface area (Å²) in [6.45, 7) is 6.73. The van der Waals surface area contributed by atoms with Crippen molar-refractivity contribution in [3.63, 3.8) is 0 Å². The Bertz CT molecular complexity index is 631. The van der Waals surface area contributed by atoms with Gasteiger partial charge in [0.15, 0.2) is 5.13 Å². The molecule has 2 aromatic rings. The molecule has 0 unspecified atom stereocenters. The Balaban J connectivity index is 2.08. The first-order valence-corrected chi connectivity index (χ1v) is 7.77. The summed E-state index contributed by atoms with van der Waals surface area (Å²) >= 11 is 1.24. The van der Waals surface area contributed by atoms with Crippen molar-refractivity contribution in [1.29, 1.82) is 0 Å². The highest BCUT2D eigenvalue weighted by atomic mass is 32.1. The average molecular weight is 303 g/mol. The maximum Gasteiger partial charge on any atom is 0.265 e. The number of thiazole rings is 1. The average Bonchev–Trinajstić information content (AvgIpc) is 2.77. The second-order valence-electron chi connectivity index (χ2n) is 5.52. The number of benzene rings is 1. The fourth-order valence-corrected chi connectivity index (χ4v) is 2.97. The van der Waals surface area contributed by atoms with Gasteiger partial charge in [-0.15, -0.1) is 0 Å². The molecule has 0 aliphatic rings. The predicted octanol–water partition coefficient (Wildman–Crippen LogP) is 3.43. The zero-order chi connectivity index (χ0) is 15.6. The molecular formula is C16H21N3OS. The fraction of sp³-hybridized carbons (Fsp3) is 0.375. The second-order valence-corrected chi connectivity index (χ2v) is 6.55. The monoisotopic (exact) mass is 303 g/mol. The number of carbonyl (C=O) groups excluding carboxylic acids is 1. The number of rotatable bonds is 4. The number of aryl methyl sites for hydroxylation is 1. The van der Waals surface area contributed by atoms with Gasteiger partial charge in [-0.1, -0.05) is 49.4 Å². The normalized spacial score (nSPS) is 10.9. The Morgan fingerprint density at radius 1 is 1.33 bits per heavy atom. The van der Waals surface area contributed by atoms with Crippen molar-refractivity contribution in [2.75, 3.05) is 12.8 Å². The van der Waals surface area contributed by atoms with Gasteiger partial charge in [0.05, 0.1) is 5.69 Å². The molecule has 5 heteroatoms. The van der Waals surface area contributed by atoms with Gasteiger partial charge in [-0.2, -0.15) is 0 Å². The van der Waals surface area contributed by atoms with Crippen molar-refractivity contribution < 1.29 is 4.79 Å². The minimum atomic E-state index is -0.0327. The standard InChI is InChI=1S/C16H21N3OS/c1-10(2)13-7-5-12(6-8-13)9-19(4)15(20)14-11(3)18-16(17)21-14/h5-8,10H,9H2,1-4H3,(H2,17,18). The van der Waals surface area contributed by atoms with E-state index in [1.165, 1.54) is 16.9 Å². The first-order chi connectivity index (χ1) is 9.88. The van der Waals surface area contributed by atoms with Crippen LogP contribution in [0, 0.1) is 6.92 Å². The maximum absolute atomic E-state index is 12.4. The summed E-state index contributed by atoms with van der Waals surface area (Å²) in [7, 11) is 1.80. The molecule has 1 aromatic heterocycles. The van der Waals surface area contributed by atoms with Gasteiger partial charge >= 0.3 is 0 Å². The van der Waals surface area contributed by atoms with Crippen LogP contribution in [0.1, 0.15) is 46.3 Å². The van der Waals surface area contributed by atoms with Crippen LogP contribution in [0.2, 0.25) is 0 Å². The quantitative estimate of drug-likeness (QED) is 0.941. The van der Waals surface area contributed by atoms with Crippen LogP contribution in [-0.4, -0.2) is 22.8 Å². The highest BCUT2D eigenvalue weighted by molar-refractivity contribution is 7.17. The van der Waals surface area contributed by atoms with Crippen molar-refractivity contribution in [2.24, 2.45) is 0 Å².